The third-order valence-corrected chi connectivity index (χ3v) is 6.09. The monoisotopic (exact) mass is 442 g/mol. The van der Waals surface area contributed by atoms with Crippen molar-refractivity contribution in [3.63, 3.8) is 0 Å². The van der Waals surface area contributed by atoms with Crippen LogP contribution >= 0.6 is 0 Å². The van der Waals surface area contributed by atoms with Crippen LogP contribution < -0.4 is 9.47 Å². The summed E-state index contributed by atoms with van der Waals surface area (Å²) in [7, 11) is 1.92. The van der Waals surface area contributed by atoms with Gasteiger partial charge in [-0.3, -0.25) is 9.48 Å². The lowest BCUT2D eigenvalue weighted by Crippen LogP contribution is -2.31. The average molecular weight is 443 g/mol. The van der Waals surface area contributed by atoms with Gasteiger partial charge in [0, 0.05) is 30.2 Å². The normalized spacial score (nSPS) is 12.7. The number of fused-ring (bicyclic) bond motifs is 2. The van der Waals surface area contributed by atoms with Crippen LogP contribution in [0.4, 0.5) is 0 Å². The number of carbonyl (C=O) groups is 1. The van der Waals surface area contributed by atoms with Gasteiger partial charge in [0.2, 0.25) is 0 Å². The van der Waals surface area contributed by atoms with Crippen LogP contribution in [-0.4, -0.2) is 38.8 Å². The van der Waals surface area contributed by atoms with Crippen LogP contribution in [0.25, 0.3) is 10.9 Å². The first-order valence-corrected chi connectivity index (χ1v) is 11.0. The Labute approximate surface area is 192 Å². The number of carbonyl (C=O) groups excluding carboxylic acids is 1. The van der Waals surface area contributed by atoms with Crippen molar-refractivity contribution >= 4 is 16.8 Å². The predicted octanol–water partition coefficient (Wildman–Crippen LogP) is 4.20. The highest BCUT2D eigenvalue weighted by Crippen LogP contribution is 2.31. The van der Waals surface area contributed by atoms with Crippen molar-refractivity contribution in [3.05, 3.63) is 82.8 Å². The number of rotatable bonds is 5. The summed E-state index contributed by atoms with van der Waals surface area (Å²) >= 11 is 0. The molecule has 3 heterocycles. The number of amides is 1. The Hall–Kier alpha value is -3.87. The Kier molecular flexibility index (Phi) is 5.46. The van der Waals surface area contributed by atoms with Crippen molar-refractivity contribution in [3.8, 4) is 11.5 Å². The maximum Gasteiger partial charge on any atom is 0.273 e. The highest BCUT2D eigenvalue weighted by Gasteiger charge is 2.22. The van der Waals surface area contributed by atoms with Crippen LogP contribution in [0, 0.1) is 13.8 Å². The molecule has 168 valence electrons. The summed E-state index contributed by atoms with van der Waals surface area (Å²) in [5.41, 5.74) is 5.19. The van der Waals surface area contributed by atoms with E-state index >= 15 is 0 Å². The molecule has 1 aliphatic rings. The maximum atomic E-state index is 13.7. The Balaban J connectivity index is 1.50. The second kappa shape index (κ2) is 8.58. The maximum absolute atomic E-state index is 13.7. The zero-order valence-electron chi connectivity index (χ0n) is 19.0. The van der Waals surface area contributed by atoms with E-state index in [9.17, 15) is 4.79 Å². The molecule has 33 heavy (non-hydrogen) atoms. The molecule has 0 unspecified atom stereocenters. The van der Waals surface area contributed by atoms with Gasteiger partial charge < -0.3 is 14.4 Å². The van der Waals surface area contributed by atoms with Crippen LogP contribution in [0.1, 0.15) is 33.0 Å². The van der Waals surface area contributed by atoms with Gasteiger partial charge in [-0.25, -0.2) is 4.98 Å². The quantitative estimate of drug-likeness (QED) is 0.463. The van der Waals surface area contributed by atoms with Crippen LogP contribution in [-0.2, 0) is 20.1 Å². The van der Waals surface area contributed by atoms with E-state index in [0.717, 1.165) is 39.2 Å². The van der Waals surface area contributed by atoms with Gasteiger partial charge in [0.15, 0.2) is 11.5 Å². The summed E-state index contributed by atoms with van der Waals surface area (Å²) < 4.78 is 13.2. The van der Waals surface area contributed by atoms with Crippen LogP contribution in [0.5, 0.6) is 11.5 Å². The van der Waals surface area contributed by atoms with E-state index in [0.29, 0.717) is 37.7 Å². The molecule has 0 atom stereocenters. The van der Waals surface area contributed by atoms with Gasteiger partial charge in [-0.1, -0.05) is 30.3 Å². The van der Waals surface area contributed by atoms with Crippen LogP contribution in [0.2, 0.25) is 0 Å². The Morgan fingerprint density at radius 3 is 2.58 bits per heavy atom. The molecule has 0 N–H and O–H groups in total. The molecule has 0 radical (unpaired) electrons. The third kappa shape index (κ3) is 4.14. The van der Waals surface area contributed by atoms with Gasteiger partial charge in [-0.05, 0) is 43.7 Å². The zero-order valence-corrected chi connectivity index (χ0v) is 19.0. The molecule has 1 amide bonds. The highest BCUT2D eigenvalue weighted by atomic mass is 16.6. The molecule has 0 saturated carbocycles. The van der Waals surface area contributed by atoms with Gasteiger partial charge in [-0.15, -0.1) is 0 Å². The van der Waals surface area contributed by atoms with Gasteiger partial charge in [0.25, 0.3) is 5.91 Å². The van der Waals surface area contributed by atoms with E-state index in [1.54, 1.807) is 6.07 Å². The molecule has 2 aromatic carbocycles. The zero-order chi connectivity index (χ0) is 22.9. The molecule has 0 saturated heterocycles. The number of ether oxygens (including phenoxy) is 2. The van der Waals surface area contributed by atoms with E-state index in [1.165, 1.54) is 0 Å². The average Bonchev–Trinajstić information content (AvgIpc) is 3.08. The number of para-hydroxylation sites is 1. The number of aryl methyl sites for hydroxylation is 2. The van der Waals surface area contributed by atoms with Gasteiger partial charge in [-0.2, -0.15) is 5.10 Å². The number of benzene rings is 2. The summed E-state index contributed by atoms with van der Waals surface area (Å²) in [6, 6.07) is 17.4. The number of nitrogens with zero attached hydrogens (tertiary/aromatic N) is 4. The molecule has 0 spiro atoms. The summed E-state index contributed by atoms with van der Waals surface area (Å²) in [5, 5.41) is 5.53. The molecule has 0 aliphatic carbocycles. The minimum absolute atomic E-state index is 0.127. The molecule has 4 aromatic rings. The van der Waals surface area contributed by atoms with Crippen molar-refractivity contribution in [1.82, 2.24) is 19.7 Å². The lowest BCUT2D eigenvalue weighted by molar-refractivity contribution is 0.0723. The molecule has 7 heteroatoms. The minimum atomic E-state index is -0.127. The number of pyridine rings is 1. The summed E-state index contributed by atoms with van der Waals surface area (Å²) in [5.74, 6) is 1.32. The Morgan fingerprint density at radius 1 is 1.00 bits per heavy atom. The molecule has 0 bridgehead atoms. The summed E-state index contributed by atoms with van der Waals surface area (Å²) in [4.78, 5) is 20.2. The van der Waals surface area contributed by atoms with Crippen LogP contribution in [0.15, 0.2) is 54.6 Å². The molecule has 1 aliphatic heterocycles. The number of aromatic nitrogens is 3. The summed E-state index contributed by atoms with van der Waals surface area (Å²) in [6.45, 7) is 5.92. The predicted molar refractivity (Wildman–Crippen MR) is 125 cm³/mol. The van der Waals surface area contributed by atoms with E-state index in [4.69, 9.17) is 9.47 Å². The van der Waals surface area contributed by atoms with Crippen molar-refractivity contribution in [2.24, 2.45) is 7.05 Å². The largest absolute Gasteiger partial charge is 0.486 e. The van der Waals surface area contributed by atoms with Crippen molar-refractivity contribution in [2.45, 2.75) is 26.9 Å². The fraction of sp³-hybridized carbons (Fsp3) is 0.269. The van der Waals surface area contributed by atoms with E-state index in [-0.39, 0.29) is 5.91 Å². The lowest BCUT2D eigenvalue weighted by Gasteiger charge is -2.24. The third-order valence-electron chi connectivity index (χ3n) is 6.09. The van der Waals surface area contributed by atoms with E-state index in [2.05, 4.69) is 10.1 Å². The highest BCUT2D eigenvalue weighted by molar-refractivity contribution is 5.95. The van der Waals surface area contributed by atoms with Crippen molar-refractivity contribution in [1.29, 1.82) is 0 Å². The van der Waals surface area contributed by atoms with Crippen molar-refractivity contribution in [2.75, 3.05) is 13.2 Å². The Bertz CT molecular complexity index is 1340. The van der Waals surface area contributed by atoms with Crippen LogP contribution in [0.3, 0.4) is 0 Å². The second-order valence-corrected chi connectivity index (χ2v) is 8.30. The van der Waals surface area contributed by atoms with E-state index < -0.39 is 0 Å². The lowest BCUT2D eigenvalue weighted by atomic mass is 10.1. The molecular weight excluding hydrogens is 416 g/mol. The molecule has 0 fully saturated rings. The van der Waals surface area contributed by atoms with E-state index in [1.807, 2.05) is 79.0 Å². The summed E-state index contributed by atoms with van der Waals surface area (Å²) in [6.07, 6.45) is 0. The Morgan fingerprint density at radius 2 is 1.79 bits per heavy atom. The van der Waals surface area contributed by atoms with Gasteiger partial charge in [0.05, 0.1) is 17.8 Å². The fourth-order valence-electron chi connectivity index (χ4n) is 4.19. The molecule has 7 nitrogen and oxygen atoms in total. The first-order valence-electron chi connectivity index (χ1n) is 11.0. The minimum Gasteiger partial charge on any atom is -0.486 e. The van der Waals surface area contributed by atoms with Gasteiger partial charge in [0.1, 0.15) is 18.9 Å². The second-order valence-electron chi connectivity index (χ2n) is 8.30. The van der Waals surface area contributed by atoms with Crippen molar-refractivity contribution < 1.29 is 14.3 Å². The molecule has 5 rings (SSSR count). The van der Waals surface area contributed by atoms with Gasteiger partial charge >= 0.3 is 0 Å². The number of hydrogen-bond acceptors (Lipinski definition) is 5. The molecular formula is C26H26N4O3. The first kappa shape index (κ1) is 21.0. The SMILES string of the molecule is Cc1nn(C)c(C)c1CN(Cc1ccc2c(c1)OCCO2)C(=O)c1ccc2ccccc2n1. The standard InChI is InChI=1S/C26H26N4O3/c1-17-21(18(2)29(3)28-17)16-30(15-19-8-11-24-25(14-19)33-13-12-32-24)26(31)23-10-9-20-6-4-5-7-22(20)27-23/h4-11,14H,12-13,15-16H2,1-3H3. The smallest absolute Gasteiger partial charge is 0.273 e. The number of hydrogen-bond donors (Lipinski definition) is 0. The first-order chi connectivity index (χ1) is 16.0. The molecule has 2 aromatic heterocycles. The topological polar surface area (TPSA) is 69.5 Å². The fourth-order valence-corrected chi connectivity index (χ4v) is 4.19.